The average molecular weight is 474 g/mol. The zero-order valence-corrected chi connectivity index (χ0v) is 17.5. The SMILES string of the molecule is OCC1(F)CN=C(Nc2cc(F)c(Oc3c[nH]c4[nH]cc(-c5ccc(F)cc5)c34)c(F)c2)OC1. The third-order valence-electron chi connectivity index (χ3n) is 5.35. The van der Waals surface area contributed by atoms with Gasteiger partial charge in [-0.3, -0.25) is 0 Å². The van der Waals surface area contributed by atoms with Gasteiger partial charge in [0, 0.05) is 35.8 Å². The van der Waals surface area contributed by atoms with E-state index in [0.717, 1.165) is 12.1 Å². The number of nitrogens with one attached hydrogen (secondary N) is 3. The second-order valence-corrected chi connectivity index (χ2v) is 7.83. The molecule has 5 rings (SSSR count). The maximum atomic E-state index is 14.8. The van der Waals surface area contributed by atoms with E-state index in [1.165, 1.54) is 18.3 Å². The van der Waals surface area contributed by atoms with Crippen LogP contribution in [0.4, 0.5) is 23.2 Å². The van der Waals surface area contributed by atoms with Crippen LogP contribution in [-0.4, -0.2) is 46.5 Å². The van der Waals surface area contributed by atoms with Crippen LogP contribution in [0.3, 0.4) is 0 Å². The second kappa shape index (κ2) is 8.41. The minimum atomic E-state index is -1.99. The Morgan fingerprint density at radius 3 is 2.44 bits per heavy atom. The summed E-state index contributed by atoms with van der Waals surface area (Å²) in [5.74, 6) is -2.85. The van der Waals surface area contributed by atoms with Crippen LogP contribution in [0.2, 0.25) is 0 Å². The number of benzene rings is 2. The van der Waals surface area contributed by atoms with Crippen molar-refractivity contribution >= 4 is 22.7 Å². The van der Waals surface area contributed by atoms with Gasteiger partial charge in [-0.1, -0.05) is 12.1 Å². The van der Waals surface area contributed by atoms with Crippen molar-refractivity contribution < 1.29 is 32.1 Å². The van der Waals surface area contributed by atoms with E-state index in [1.807, 2.05) is 0 Å². The van der Waals surface area contributed by atoms with Gasteiger partial charge in [0.05, 0.1) is 18.5 Å². The Kier molecular flexibility index (Phi) is 5.40. The highest BCUT2D eigenvalue weighted by molar-refractivity contribution is 5.99. The van der Waals surface area contributed by atoms with Crippen molar-refractivity contribution in [3.8, 4) is 22.6 Å². The summed E-state index contributed by atoms with van der Waals surface area (Å²) in [5, 5.41) is 12.1. The summed E-state index contributed by atoms with van der Waals surface area (Å²) in [6, 6.07) is 7.62. The number of rotatable bonds is 5. The van der Waals surface area contributed by atoms with E-state index in [4.69, 9.17) is 14.6 Å². The van der Waals surface area contributed by atoms with Crippen LogP contribution < -0.4 is 10.1 Å². The van der Waals surface area contributed by atoms with Crippen LogP contribution in [0.25, 0.3) is 22.2 Å². The molecule has 2 aromatic carbocycles. The Balaban J connectivity index is 1.40. The lowest BCUT2D eigenvalue weighted by molar-refractivity contribution is 0.0181. The zero-order chi connectivity index (χ0) is 23.9. The highest BCUT2D eigenvalue weighted by Gasteiger charge is 2.34. The van der Waals surface area contributed by atoms with Crippen LogP contribution in [0.5, 0.6) is 11.5 Å². The maximum Gasteiger partial charge on any atom is 0.289 e. The number of aromatic nitrogens is 2. The number of fused-ring (bicyclic) bond motifs is 1. The normalized spacial score (nSPS) is 18.0. The molecule has 0 bridgehead atoms. The number of H-pyrrole nitrogens is 2. The molecule has 0 saturated heterocycles. The van der Waals surface area contributed by atoms with Crippen molar-refractivity contribution in [2.45, 2.75) is 5.67 Å². The van der Waals surface area contributed by atoms with E-state index in [0.29, 0.717) is 22.2 Å². The number of nitrogens with zero attached hydrogens (tertiary/aromatic N) is 1. The number of anilines is 1. The van der Waals surface area contributed by atoms with Crippen molar-refractivity contribution in [2.75, 3.05) is 25.1 Å². The molecule has 0 saturated carbocycles. The van der Waals surface area contributed by atoms with E-state index >= 15 is 0 Å². The van der Waals surface area contributed by atoms with Crippen LogP contribution in [0.1, 0.15) is 0 Å². The standard InChI is InChI=1S/C23H18F4N4O3/c24-13-3-1-12(2-4-13)15-7-28-21-19(15)18(8-29-21)34-20-16(25)5-14(6-17(20)26)31-22-30-9-23(27,10-32)11-33-22/h1-8,28-29,32H,9-11H2,(H,30,31). The highest BCUT2D eigenvalue weighted by Crippen LogP contribution is 2.39. The van der Waals surface area contributed by atoms with Gasteiger partial charge in [0.15, 0.2) is 28.8 Å². The number of halogens is 4. The topological polar surface area (TPSA) is 94.7 Å². The van der Waals surface area contributed by atoms with Crippen LogP contribution in [0, 0.1) is 17.5 Å². The number of aromatic amines is 2. The monoisotopic (exact) mass is 474 g/mol. The molecule has 4 aromatic rings. The number of amidine groups is 1. The van der Waals surface area contributed by atoms with Gasteiger partial charge in [0.25, 0.3) is 6.02 Å². The Hall–Kier alpha value is -3.99. The Bertz CT molecular complexity index is 1360. The molecule has 7 nitrogen and oxygen atoms in total. The number of aliphatic hydroxyl groups is 1. The van der Waals surface area contributed by atoms with E-state index in [2.05, 4.69) is 20.3 Å². The maximum absolute atomic E-state index is 14.8. The predicted molar refractivity (Wildman–Crippen MR) is 117 cm³/mol. The molecule has 1 unspecified atom stereocenters. The first-order chi connectivity index (χ1) is 16.3. The fourth-order valence-electron chi connectivity index (χ4n) is 3.58. The number of hydrogen-bond acceptors (Lipinski definition) is 5. The third kappa shape index (κ3) is 4.05. The van der Waals surface area contributed by atoms with Gasteiger partial charge in [-0.2, -0.15) is 0 Å². The summed E-state index contributed by atoms with van der Waals surface area (Å²) in [6.45, 7) is -1.55. The lowest BCUT2D eigenvalue weighted by atomic mass is 10.1. The molecule has 176 valence electrons. The summed E-state index contributed by atoms with van der Waals surface area (Å²) in [4.78, 5) is 9.74. The third-order valence-corrected chi connectivity index (χ3v) is 5.35. The van der Waals surface area contributed by atoms with Gasteiger partial charge >= 0.3 is 0 Å². The molecule has 3 heterocycles. The van der Waals surface area contributed by atoms with E-state index in [-0.39, 0.29) is 29.8 Å². The number of alkyl halides is 1. The summed E-state index contributed by atoms with van der Waals surface area (Å²) in [5.41, 5.74) is -0.113. The first-order valence-electron chi connectivity index (χ1n) is 10.2. The van der Waals surface area contributed by atoms with E-state index in [1.54, 1.807) is 18.3 Å². The number of hydrogen-bond donors (Lipinski definition) is 4. The predicted octanol–water partition coefficient (Wildman–Crippen LogP) is 4.87. The van der Waals surface area contributed by atoms with Crippen LogP contribution in [-0.2, 0) is 4.74 Å². The Morgan fingerprint density at radius 1 is 1.09 bits per heavy atom. The minimum absolute atomic E-state index is 0.0238. The van der Waals surface area contributed by atoms with Crippen molar-refractivity contribution in [1.82, 2.24) is 9.97 Å². The molecule has 0 spiro atoms. The molecule has 11 heteroatoms. The van der Waals surface area contributed by atoms with Gasteiger partial charge in [0.1, 0.15) is 18.1 Å². The van der Waals surface area contributed by atoms with Crippen LogP contribution in [0.15, 0.2) is 53.8 Å². The minimum Gasteiger partial charge on any atom is -0.461 e. The molecule has 1 atom stereocenters. The first-order valence-corrected chi connectivity index (χ1v) is 10.2. The molecule has 34 heavy (non-hydrogen) atoms. The smallest absolute Gasteiger partial charge is 0.289 e. The van der Waals surface area contributed by atoms with Crippen molar-refractivity contribution in [1.29, 1.82) is 0 Å². The van der Waals surface area contributed by atoms with Gasteiger partial charge in [-0.05, 0) is 17.7 Å². The second-order valence-electron chi connectivity index (χ2n) is 7.83. The summed E-state index contributed by atoms with van der Waals surface area (Å²) < 4.78 is 67.5. The largest absolute Gasteiger partial charge is 0.461 e. The average Bonchev–Trinajstić information content (AvgIpc) is 3.41. The highest BCUT2D eigenvalue weighted by atomic mass is 19.1. The summed E-state index contributed by atoms with van der Waals surface area (Å²) >= 11 is 0. The number of ether oxygens (including phenoxy) is 2. The van der Waals surface area contributed by atoms with Crippen molar-refractivity contribution in [3.05, 3.63) is 66.2 Å². The van der Waals surface area contributed by atoms with Gasteiger partial charge in [-0.25, -0.2) is 22.6 Å². The Labute approximate surface area is 190 Å². The molecule has 1 aliphatic heterocycles. The lowest BCUT2D eigenvalue weighted by Crippen LogP contribution is -2.43. The van der Waals surface area contributed by atoms with Crippen molar-refractivity contribution in [2.24, 2.45) is 4.99 Å². The summed E-state index contributed by atoms with van der Waals surface area (Å²) in [7, 11) is 0. The molecule has 0 radical (unpaired) electrons. The molecule has 0 amide bonds. The fourth-order valence-corrected chi connectivity index (χ4v) is 3.58. The van der Waals surface area contributed by atoms with Crippen molar-refractivity contribution in [3.63, 3.8) is 0 Å². The zero-order valence-electron chi connectivity index (χ0n) is 17.5. The number of aliphatic hydroxyl groups excluding tert-OH is 1. The van der Waals surface area contributed by atoms with Gasteiger partial charge in [0.2, 0.25) is 0 Å². The molecule has 2 aromatic heterocycles. The van der Waals surface area contributed by atoms with Gasteiger partial charge in [-0.15, -0.1) is 0 Å². The Morgan fingerprint density at radius 2 is 1.79 bits per heavy atom. The first kappa shape index (κ1) is 21.8. The number of aliphatic imine (C=N–C) groups is 1. The fraction of sp³-hybridized carbons (Fsp3) is 0.174. The molecule has 1 aliphatic rings. The molecule has 0 fully saturated rings. The summed E-state index contributed by atoms with van der Waals surface area (Å²) in [6.07, 6.45) is 3.13. The van der Waals surface area contributed by atoms with E-state index < -0.39 is 36.3 Å². The quantitative estimate of drug-likeness (QED) is 0.311. The lowest BCUT2D eigenvalue weighted by Gasteiger charge is -2.26. The molecular weight excluding hydrogens is 456 g/mol. The molecular formula is C23H18F4N4O3. The van der Waals surface area contributed by atoms with Crippen LogP contribution >= 0.6 is 0 Å². The van der Waals surface area contributed by atoms with E-state index in [9.17, 15) is 17.6 Å². The van der Waals surface area contributed by atoms with Gasteiger partial charge < -0.3 is 29.9 Å². The molecule has 4 N–H and O–H groups in total. The molecule has 0 aliphatic carbocycles.